The maximum absolute atomic E-state index is 5.92. The molecule has 1 aromatic heterocycles. The first kappa shape index (κ1) is 9.97. The van der Waals surface area contributed by atoms with Crippen LogP contribution >= 0.6 is 34.5 Å². The number of aromatic nitrogens is 1. The summed E-state index contributed by atoms with van der Waals surface area (Å²) < 4.78 is 0. The summed E-state index contributed by atoms with van der Waals surface area (Å²) in [6.07, 6.45) is 0. The molecule has 0 aliphatic heterocycles. The molecule has 4 heteroatoms. The molecule has 1 radical (unpaired) electrons. The van der Waals surface area contributed by atoms with Crippen LogP contribution in [0.4, 0.5) is 0 Å². The van der Waals surface area contributed by atoms with Crippen LogP contribution in [-0.4, -0.2) is 4.98 Å². The molecular weight excluding hydrogens is 237 g/mol. The molecule has 0 N–H and O–H groups in total. The van der Waals surface area contributed by atoms with E-state index in [1.54, 1.807) is 6.07 Å². The fraction of sp³-hybridized carbons (Fsp3) is 0.100. The minimum absolute atomic E-state index is 0.552. The van der Waals surface area contributed by atoms with Crippen LogP contribution in [0.3, 0.4) is 0 Å². The minimum Gasteiger partial charge on any atom is -0.233 e. The van der Waals surface area contributed by atoms with E-state index in [2.05, 4.69) is 10.5 Å². The molecule has 2 aromatic rings. The van der Waals surface area contributed by atoms with Gasteiger partial charge in [0.1, 0.15) is 0 Å². The predicted octanol–water partition coefficient (Wildman–Crippen LogP) is 4.23. The summed E-state index contributed by atoms with van der Waals surface area (Å²) in [5, 5.41) is 1.11. The van der Waals surface area contributed by atoms with Gasteiger partial charge >= 0.3 is 0 Å². The van der Waals surface area contributed by atoms with Crippen LogP contribution in [0.2, 0.25) is 10.0 Å². The maximum Gasteiger partial charge on any atom is 0.153 e. The first-order valence-corrected chi connectivity index (χ1v) is 5.54. The van der Waals surface area contributed by atoms with E-state index in [1.807, 2.05) is 19.1 Å². The third-order valence-corrected chi connectivity index (χ3v) is 3.30. The van der Waals surface area contributed by atoms with E-state index in [1.165, 1.54) is 11.3 Å². The largest absolute Gasteiger partial charge is 0.233 e. The first-order valence-electron chi connectivity index (χ1n) is 3.97. The minimum atomic E-state index is 0.552. The van der Waals surface area contributed by atoms with Crippen molar-refractivity contribution in [2.75, 3.05) is 0 Å². The smallest absolute Gasteiger partial charge is 0.153 e. The summed E-state index contributed by atoms with van der Waals surface area (Å²) >= 11 is 13.2. The molecule has 0 saturated heterocycles. The molecule has 1 heterocycles. The Balaban J connectivity index is 2.53. The van der Waals surface area contributed by atoms with Crippen molar-refractivity contribution in [3.63, 3.8) is 0 Å². The number of thiazole rings is 1. The molecular formula is C10H6Cl2NS. The van der Waals surface area contributed by atoms with Crippen LogP contribution < -0.4 is 0 Å². The van der Waals surface area contributed by atoms with Gasteiger partial charge in [-0.25, -0.2) is 4.98 Å². The van der Waals surface area contributed by atoms with Crippen LogP contribution in [0.5, 0.6) is 0 Å². The standard InChI is InChI=1S/C10H6Cl2NS/c1-6-10(13-5-14-6)7-2-3-8(11)9(12)4-7/h2-4H,1H3. The molecule has 1 aromatic carbocycles. The number of hydrogen-bond acceptors (Lipinski definition) is 2. The monoisotopic (exact) mass is 242 g/mol. The Kier molecular flexibility index (Phi) is 2.77. The van der Waals surface area contributed by atoms with Crippen molar-refractivity contribution in [1.82, 2.24) is 4.98 Å². The molecule has 2 rings (SSSR count). The molecule has 0 aliphatic rings. The van der Waals surface area contributed by atoms with Crippen molar-refractivity contribution in [3.05, 3.63) is 38.6 Å². The zero-order valence-corrected chi connectivity index (χ0v) is 9.67. The van der Waals surface area contributed by atoms with E-state index >= 15 is 0 Å². The van der Waals surface area contributed by atoms with Gasteiger partial charge in [-0.05, 0) is 19.1 Å². The summed E-state index contributed by atoms with van der Waals surface area (Å²) in [6, 6.07) is 5.50. The van der Waals surface area contributed by atoms with Crippen molar-refractivity contribution < 1.29 is 0 Å². The topological polar surface area (TPSA) is 12.9 Å². The molecule has 0 spiro atoms. The number of benzene rings is 1. The average molecular weight is 243 g/mol. The van der Waals surface area contributed by atoms with Crippen LogP contribution in [-0.2, 0) is 0 Å². The number of hydrogen-bond donors (Lipinski definition) is 0. The van der Waals surface area contributed by atoms with Gasteiger partial charge in [0.05, 0.1) is 15.7 Å². The first-order chi connectivity index (χ1) is 6.68. The zero-order chi connectivity index (χ0) is 10.1. The van der Waals surface area contributed by atoms with E-state index < -0.39 is 0 Å². The van der Waals surface area contributed by atoms with Crippen LogP contribution in [0.15, 0.2) is 18.2 Å². The molecule has 0 atom stereocenters. The second-order valence-corrected chi connectivity index (χ2v) is 4.65. The highest BCUT2D eigenvalue weighted by Gasteiger charge is 2.06. The van der Waals surface area contributed by atoms with Crippen molar-refractivity contribution in [3.8, 4) is 11.3 Å². The van der Waals surface area contributed by atoms with Gasteiger partial charge in [-0.15, -0.1) is 11.3 Å². The van der Waals surface area contributed by atoms with Crippen molar-refractivity contribution in [2.45, 2.75) is 6.92 Å². The molecule has 0 unspecified atom stereocenters. The Morgan fingerprint density at radius 2 is 2.07 bits per heavy atom. The Labute approximate surface area is 96.3 Å². The van der Waals surface area contributed by atoms with Crippen LogP contribution in [0.25, 0.3) is 11.3 Å². The summed E-state index contributed by atoms with van der Waals surface area (Å²) in [5.74, 6) is 0. The lowest BCUT2D eigenvalue weighted by molar-refractivity contribution is 1.37. The maximum atomic E-state index is 5.92. The summed E-state index contributed by atoms with van der Waals surface area (Å²) in [7, 11) is 0. The van der Waals surface area contributed by atoms with E-state index in [-0.39, 0.29) is 0 Å². The second kappa shape index (κ2) is 3.89. The number of rotatable bonds is 1. The fourth-order valence-corrected chi connectivity index (χ4v) is 2.01. The van der Waals surface area contributed by atoms with E-state index in [9.17, 15) is 0 Å². The SMILES string of the molecule is Cc1s[c]nc1-c1ccc(Cl)c(Cl)c1. The van der Waals surface area contributed by atoms with Gasteiger partial charge in [0.2, 0.25) is 0 Å². The number of halogens is 2. The highest BCUT2D eigenvalue weighted by Crippen LogP contribution is 2.30. The molecule has 0 amide bonds. The lowest BCUT2D eigenvalue weighted by Crippen LogP contribution is -1.80. The van der Waals surface area contributed by atoms with Gasteiger partial charge in [-0.2, -0.15) is 0 Å². The average Bonchev–Trinajstić information content (AvgIpc) is 2.57. The molecule has 0 bridgehead atoms. The predicted molar refractivity (Wildman–Crippen MR) is 61.1 cm³/mol. The highest BCUT2D eigenvalue weighted by molar-refractivity contribution is 7.09. The van der Waals surface area contributed by atoms with Crippen molar-refractivity contribution in [1.29, 1.82) is 0 Å². The number of nitrogens with zero attached hydrogens (tertiary/aromatic N) is 1. The van der Waals surface area contributed by atoms with Gasteiger partial charge < -0.3 is 0 Å². The Bertz CT molecular complexity index is 465. The lowest BCUT2D eigenvalue weighted by atomic mass is 10.1. The van der Waals surface area contributed by atoms with Crippen molar-refractivity contribution >= 4 is 34.5 Å². The quantitative estimate of drug-likeness (QED) is 0.730. The third kappa shape index (κ3) is 1.78. The molecule has 14 heavy (non-hydrogen) atoms. The van der Waals surface area contributed by atoms with Gasteiger partial charge in [-0.3, -0.25) is 0 Å². The highest BCUT2D eigenvalue weighted by atomic mass is 35.5. The molecule has 1 nitrogen and oxygen atoms in total. The van der Waals surface area contributed by atoms with E-state index in [0.717, 1.165) is 16.1 Å². The third-order valence-electron chi connectivity index (χ3n) is 1.88. The molecule has 0 saturated carbocycles. The van der Waals surface area contributed by atoms with Crippen LogP contribution in [0, 0.1) is 12.4 Å². The Morgan fingerprint density at radius 1 is 1.29 bits per heavy atom. The van der Waals surface area contributed by atoms with Gasteiger partial charge in [0, 0.05) is 10.4 Å². The molecule has 0 fully saturated rings. The van der Waals surface area contributed by atoms with Crippen LogP contribution in [0.1, 0.15) is 4.88 Å². The van der Waals surface area contributed by atoms with Gasteiger partial charge in [0.25, 0.3) is 0 Å². The normalized spacial score (nSPS) is 10.5. The Hall–Kier alpha value is -0.570. The van der Waals surface area contributed by atoms with E-state index in [4.69, 9.17) is 23.2 Å². The van der Waals surface area contributed by atoms with Gasteiger partial charge in [0.15, 0.2) is 5.51 Å². The fourth-order valence-electron chi connectivity index (χ4n) is 1.18. The summed E-state index contributed by atoms with van der Waals surface area (Å²) in [5.41, 5.74) is 4.75. The molecule has 0 aliphatic carbocycles. The second-order valence-electron chi connectivity index (χ2n) is 2.84. The summed E-state index contributed by atoms with van der Waals surface area (Å²) in [6.45, 7) is 2.01. The summed E-state index contributed by atoms with van der Waals surface area (Å²) in [4.78, 5) is 5.28. The number of aryl methyl sites for hydroxylation is 1. The Morgan fingerprint density at radius 3 is 2.64 bits per heavy atom. The lowest BCUT2D eigenvalue weighted by Gasteiger charge is -2.00. The van der Waals surface area contributed by atoms with Gasteiger partial charge in [-0.1, -0.05) is 29.3 Å². The van der Waals surface area contributed by atoms with Crippen molar-refractivity contribution in [2.24, 2.45) is 0 Å². The zero-order valence-electron chi connectivity index (χ0n) is 7.34. The molecule has 71 valence electrons. The van der Waals surface area contributed by atoms with E-state index in [0.29, 0.717) is 10.0 Å².